The molecule has 296 valence electrons. The van der Waals surface area contributed by atoms with Crippen LogP contribution in [0.3, 0.4) is 0 Å². The van der Waals surface area contributed by atoms with Crippen molar-refractivity contribution in [3.8, 4) is 11.5 Å². The van der Waals surface area contributed by atoms with Crippen LogP contribution in [0.15, 0.2) is 109 Å². The number of anilines is 3. The van der Waals surface area contributed by atoms with Gasteiger partial charge in [-0.15, -0.1) is 0 Å². The molecule has 1 saturated carbocycles. The standard InChI is InChI=1S/C45H40ClFN4O7/c1-57-39-24-26(3-19-38(39)52)2-18-36-33-16-17-34-40(43(55)50(41(34)53)32-14-12-31(13-15-32)49-20-22-58-23-21-49)35(33)25-37-42(54)51(48-30-10-8-29(47)9-11-30)44(56)45(36,37)27-4-6-28(46)7-5-27/h2-16,18-19,24,34-37,40,48,52H,17,20-23,25H2,1H3/t34-,35+,36-,37-,40-,45-/m0/s1. The number of phenolic OH excluding ortho intramolecular Hbond substituents is 1. The van der Waals surface area contributed by atoms with Crippen molar-refractivity contribution in [2.24, 2.45) is 29.6 Å². The number of aromatic hydroxyl groups is 1. The molecular weight excluding hydrogens is 763 g/mol. The van der Waals surface area contributed by atoms with Crippen LogP contribution in [0.25, 0.3) is 6.08 Å². The lowest BCUT2D eigenvalue weighted by molar-refractivity contribution is -0.139. The molecule has 2 aliphatic carbocycles. The van der Waals surface area contributed by atoms with Gasteiger partial charge in [0.2, 0.25) is 11.8 Å². The maximum atomic E-state index is 15.3. The first kappa shape index (κ1) is 37.6. The zero-order valence-corrected chi connectivity index (χ0v) is 32.3. The maximum absolute atomic E-state index is 15.3. The monoisotopic (exact) mass is 802 g/mol. The Balaban J connectivity index is 1.15. The molecule has 11 nitrogen and oxygen atoms in total. The van der Waals surface area contributed by atoms with Crippen LogP contribution < -0.4 is 20.0 Å². The van der Waals surface area contributed by atoms with Crippen LogP contribution in [0.5, 0.6) is 11.5 Å². The molecule has 3 saturated heterocycles. The zero-order valence-electron chi connectivity index (χ0n) is 31.5. The lowest BCUT2D eigenvalue weighted by Gasteiger charge is -2.49. The van der Waals surface area contributed by atoms with E-state index in [0.717, 1.165) is 29.4 Å². The number of benzene rings is 4. The van der Waals surface area contributed by atoms with Gasteiger partial charge in [-0.25, -0.2) is 4.39 Å². The van der Waals surface area contributed by atoms with Crippen molar-refractivity contribution in [1.82, 2.24) is 5.01 Å². The number of morpholine rings is 1. The zero-order chi connectivity index (χ0) is 40.3. The number of rotatable bonds is 8. The number of phenols is 1. The third-order valence-corrected chi connectivity index (χ3v) is 12.7. The summed E-state index contributed by atoms with van der Waals surface area (Å²) in [5.41, 5.74) is 5.23. The van der Waals surface area contributed by atoms with Crippen LogP contribution in [-0.2, 0) is 29.3 Å². The van der Waals surface area contributed by atoms with Gasteiger partial charge in [0.25, 0.3) is 11.8 Å². The summed E-state index contributed by atoms with van der Waals surface area (Å²) in [7, 11) is 1.45. The maximum Gasteiger partial charge on any atom is 0.260 e. The molecule has 9 rings (SSSR count). The molecule has 58 heavy (non-hydrogen) atoms. The SMILES string of the molecule is COc1cc(C=C[C@H]2C3=CC[C@@H]4C(=O)N(c5ccc(N6CCOCC6)cc5)C(=O)[C@@H]4[C@@H]3C[C@H]3C(=O)N(Nc4ccc(F)cc4)C(=O)[C@@]23c2ccc(Cl)cc2)ccc1O. The molecule has 4 aromatic carbocycles. The molecule has 0 spiro atoms. The highest BCUT2D eigenvalue weighted by atomic mass is 35.5. The molecule has 0 aromatic heterocycles. The third kappa shape index (κ3) is 6.04. The lowest BCUT2D eigenvalue weighted by Crippen LogP contribution is -2.54. The number of carbonyl (C=O) groups excluding carboxylic acids is 4. The Morgan fingerprint density at radius 3 is 2.29 bits per heavy atom. The highest BCUT2D eigenvalue weighted by Gasteiger charge is 2.69. The molecule has 0 radical (unpaired) electrons. The van der Waals surface area contributed by atoms with Crippen molar-refractivity contribution in [3.63, 3.8) is 0 Å². The molecular formula is C45H40ClFN4O7. The highest BCUT2D eigenvalue weighted by Crippen LogP contribution is 2.61. The predicted molar refractivity (Wildman–Crippen MR) is 215 cm³/mol. The van der Waals surface area contributed by atoms with Gasteiger partial charge < -0.3 is 19.5 Å². The van der Waals surface area contributed by atoms with Crippen molar-refractivity contribution in [1.29, 1.82) is 0 Å². The van der Waals surface area contributed by atoms with Gasteiger partial charge in [-0.3, -0.25) is 29.5 Å². The van der Waals surface area contributed by atoms with Gasteiger partial charge in [0.15, 0.2) is 11.5 Å². The van der Waals surface area contributed by atoms with Crippen LogP contribution in [-0.4, -0.2) is 67.2 Å². The van der Waals surface area contributed by atoms with Gasteiger partial charge >= 0.3 is 0 Å². The smallest absolute Gasteiger partial charge is 0.260 e. The first-order valence-corrected chi connectivity index (χ1v) is 19.7. The summed E-state index contributed by atoms with van der Waals surface area (Å²) in [5, 5.41) is 11.8. The number of hydrazine groups is 1. The lowest BCUT2D eigenvalue weighted by atomic mass is 9.50. The predicted octanol–water partition coefficient (Wildman–Crippen LogP) is 6.77. The Bertz CT molecular complexity index is 2360. The number of allylic oxidation sites excluding steroid dienone is 3. The van der Waals surface area contributed by atoms with Gasteiger partial charge in [-0.1, -0.05) is 53.6 Å². The second kappa shape index (κ2) is 14.8. The summed E-state index contributed by atoms with van der Waals surface area (Å²) in [6, 6.07) is 24.5. The Morgan fingerprint density at radius 2 is 1.59 bits per heavy atom. The van der Waals surface area contributed by atoms with E-state index < -0.39 is 52.6 Å². The molecule has 0 unspecified atom stereocenters. The summed E-state index contributed by atoms with van der Waals surface area (Å²) in [4.78, 5) is 62.6. The van der Waals surface area contributed by atoms with E-state index >= 15 is 4.79 Å². The molecule has 0 bridgehead atoms. The van der Waals surface area contributed by atoms with Gasteiger partial charge in [-0.05, 0) is 103 Å². The number of carbonyl (C=O) groups is 4. The number of hydrogen-bond donors (Lipinski definition) is 2. The second-order valence-corrected chi connectivity index (χ2v) is 15.8. The quantitative estimate of drug-likeness (QED) is 0.147. The van der Waals surface area contributed by atoms with Crippen molar-refractivity contribution in [2.45, 2.75) is 18.3 Å². The van der Waals surface area contributed by atoms with E-state index in [1.165, 1.54) is 42.3 Å². The van der Waals surface area contributed by atoms with Crippen LogP contribution in [0, 0.1) is 35.4 Å². The Labute approximate surface area is 339 Å². The van der Waals surface area contributed by atoms with Gasteiger partial charge in [0, 0.05) is 29.7 Å². The fourth-order valence-corrected chi connectivity index (χ4v) is 9.92. The van der Waals surface area contributed by atoms with Crippen LogP contribution in [0.4, 0.5) is 21.5 Å². The average molecular weight is 803 g/mol. The summed E-state index contributed by atoms with van der Waals surface area (Å²) in [6.07, 6.45) is 6.05. The van der Waals surface area contributed by atoms with Crippen LogP contribution >= 0.6 is 11.6 Å². The number of amides is 4. The fourth-order valence-electron chi connectivity index (χ4n) is 9.80. The highest BCUT2D eigenvalue weighted by molar-refractivity contribution is 6.30. The number of nitrogens with zero attached hydrogens (tertiary/aromatic N) is 3. The third-order valence-electron chi connectivity index (χ3n) is 12.5. The topological polar surface area (TPSA) is 129 Å². The number of methoxy groups -OCH3 is 1. The van der Waals surface area contributed by atoms with Gasteiger partial charge in [0.05, 0.1) is 54.9 Å². The first-order valence-electron chi connectivity index (χ1n) is 19.3. The van der Waals surface area contributed by atoms with E-state index in [1.54, 1.807) is 48.5 Å². The number of halogens is 2. The molecule has 13 heteroatoms. The van der Waals surface area contributed by atoms with Crippen molar-refractivity contribution >= 4 is 58.4 Å². The fraction of sp³-hybridized carbons (Fsp3) is 0.289. The van der Waals surface area contributed by atoms with Crippen molar-refractivity contribution < 1.29 is 38.1 Å². The Kier molecular flexibility index (Phi) is 9.56. The van der Waals surface area contributed by atoms with E-state index in [1.807, 2.05) is 30.4 Å². The number of fused-ring (bicyclic) bond motifs is 4. The number of hydrogen-bond acceptors (Lipinski definition) is 9. The Morgan fingerprint density at radius 1 is 0.879 bits per heavy atom. The second-order valence-electron chi connectivity index (χ2n) is 15.3. The van der Waals surface area contributed by atoms with Crippen molar-refractivity contribution in [3.05, 3.63) is 131 Å². The molecule has 2 N–H and O–H groups in total. The van der Waals surface area contributed by atoms with Crippen LogP contribution in [0.2, 0.25) is 5.02 Å². The molecule has 4 fully saturated rings. The van der Waals surface area contributed by atoms with Crippen molar-refractivity contribution in [2.75, 3.05) is 48.6 Å². The van der Waals surface area contributed by atoms with E-state index in [4.69, 9.17) is 21.1 Å². The minimum Gasteiger partial charge on any atom is -0.504 e. The van der Waals surface area contributed by atoms with E-state index in [2.05, 4.69) is 10.3 Å². The minimum absolute atomic E-state index is 0.0418. The summed E-state index contributed by atoms with van der Waals surface area (Å²) >= 11 is 6.39. The molecule has 6 atom stereocenters. The summed E-state index contributed by atoms with van der Waals surface area (Å²) in [5.74, 6) is -5.70. The molecule has 4 amide bonds. The summed E-state index contributed by atoms with van der Waals surface area (Å²) in [6.45, 7) is 2.74. The minimum atomic E-state index is -1.51. The first-order chi connectivity index (χ1) is 28.1. The van der Waals surface area contributed by atoms with Gasteiger partial charge in [0.1, 0.15) is 5.82 Å². The number of imide groups is 2. The van der Waals surface area contributed by atoms with E-state index in [9.17, 15) is 23.9 Å². The molecule has 5 aliphatic rings. The molecule has 3 heterocycles. The molecule has 4 aromatic rings. The largest absolute Gasteiger partial charge is 0.504 e. The number of nitrogens with one attached hydrogen (secondary N) is 1. The van der Waals surface area contributed by atoms with Crippen LogP contribution in [0.1, 0.15) is 24.0 Å². The molecule has 3 aliphatic heterocycles. The number of ether oxygens (including phenoxy) is 2. The van der Waals surface area contributed by atoms with Gasteiger partial charge in [-0.2, -0.15) is 5.01 Å². The Hall–Kier alpha value is -5.98. The van der Waals surface area contributed by atoms with E-state index in [0.29, 0.717) is 40.7 Å². The summed E-state index contributed by atoms with van der Waals surface area (Å²) < 4.78 is 24.8. The van der Waals surface area contributed by atoms with E-state index in [-0.39, 0.29) is 36.2 Å². The average Bonchev–Trinajstić information content (AvgIpc) is 3.62. The normalized spacial score (nSPS) is 26.8.